The summed E-state index contributed by atoms with van der Waals surface area (Å²) >= 11 is 0. The molecule has 1 fully saturated rings. The maximum Gasteiger partial charge on any atom is 0.327 e. The lowest BCUT2D eigenvalue weighted by atomic mass is 10.2. The number of hydrogen-bond acceptors (Lipinski definition) is 5. The molecule has 0 saturated carbocycles. The zero-order chi connectivity index (χ0) is 15.4. The lowest BCUT2D eigenvalue weighted by Crippen LogP contribution is -2.49. The molecule has 1 aromatic carbocycles. The van der Waals surface area contributed by atoms with Crippen LogP contribution in [0.15, 0.2) is 18.2 Å². The third-order valence-electron chi connectivity index (χ3n) is 3.92. The van der Waals surface area contributed by atoms with Gasteiger partial charge in [0.1, 0.15) is 5.69 Å². The van der Waals surface area contributed by atoms with Gasteiger partial charge >= 0.3 is 5.69 Å². The molecule has 1 aromatic rings. The van der Waals surface area contributed by atoms with E-state index >= 15 is 0 Å². The number of likely N-dealkylation sites (N-methyl/N-ethyl adjacent to an activating group) is 1. The summed E-state index contributed by atoms with van der Waals surface area (Å²) in [5.41, 5.74) is -0.246. The van der Waals surface area contributed by atoms with Crippen molar-refractivity contribution >= 4 is 11.4 Å². The molecule has 0 amide bonds. The van der Waals surface area contributed by atoms with Gasteiger partial charge in [-0.25, -0.2) is 0 Å². The molecule has 1 N–H and O–H groups in total. The lowest BCUT2D eigenvalue weighted by molar-refractivity contribution is -0.386. The highest BCUT2D eigenvalue weighted by Gasteiger charge is 2.22. The summed E-state index contributed by atoms with van der Waals surface area (Å²) in [5, 5.41) is 13.9. The number of halogens is 1. The third-order valence-corrected chi connectivity index (χ3v) is 3.92. The fraction of sp³-hybridized carbons (Fsp3) is 0.571. The van der Waals surface area contributed by atoms with E-state index in [4.69, 9.17) is 0 Å². The average molecular weight is 296 g/mol. The topological polar surface area (TPSA) is 61.7 Å². The van der Waals surface area contributed by atoms with Crippen molar-refractivity contribution in [3.63, 3.8) is 0 Å². The van der Waals surface area contributed by atoms with Crippen LogP contribution in [0.3, 0.4) is 0 Å². The summed E-state index contributed by atoms with van der Waals surface area (Å²) in [5.74, 6) is -0.808. The van der Waals surface area contributed by atoms with Crippen LogP contribution in [0.4, 0.5) is 15.8 Å². The molecule has 0 aliphatic carbocycles. The molecule has 1 aliphatic rings. The monoisotopic (exact) mass is 296 g/mol. The van der Waals surface area contributed by atoms with E-state index in [1.54, 1.807) is 0 Å². The summed E-state index contributed by atoms with van der Waals surface area (Å²) < 4.78 is 13.5. The first-order valence-electron chi connectivity index (χ1n) is 7.08. The Bertz CT molecular complexity index is 504. The summed E-state index contributed by atoms with van der Waals surface area (Å²) in [4.78, 5) is 14.9. The Kier molecular flexibility index (Phi) is 5.08. The van der Waals surface area contributed by atoms with E-state index < -0.39 is 16.4 Å². The number of benzene rings is 1. The second-order valence-corrected chi connectivity index (χ2v) is 5.46. The zero-order valence-electron chi connectivity index (χ0n) is 12.4. The van der Waals surface area contributed by atoms with Gasteiger partial charge in [-0.15, -0.1) is 0 Å². The molecule has 2 rings (SSSR count). The summed E-state index contributed by atoms with van der Waals surface area (Å²) in [6, 6.07) is 4.36. The molecule has 1 unspecified atom stereocenters. The molecular weight excluding hydrogens is 275 g/mol. The molecule has 0 aromatic heterocycles. The number of anilines is 1. The quantitative estimate of drug-likeness (QED) is 0.663. The van der Waals surface area contributed by atoms with Gasteiger partial charge in [0, 0.05) is 38.8 Å². The van der Waals surface area contributed by atoms with Crippen LogP contribution in [0, 0.1) is 15.9 Å². The van der Waals surface area contributed by atoms with Crippen LogP contribution in [0.25, 0.3) is 0 Å². The number of nitrogens with zero attached hydrogens (tertiary/aromatic N) is 3. The van der Waals surface area contributed by atoms with Crippen LogP contribution < -0.4 is 5.32 Å². The van der Waals surface area contributed by atoms with Crippen molar-refractivity contribution in [2.75, 3.05) is 45.1 Å². The molecule has 0 bridgehead atoms. The Balaban J connectivity index is 1.97. The molecule has 1 saturated heterocycles. The molecule has 7 heteroatoms. The van der Waals surface area contributed by atoms with Crippen LogP contribution in [-0.2, 0) is 0 Å². The lowest BCUT2D eigenvalue weighted by Gasteiger charge is -2.36. The Morgan fingerprint density at radius 2 is 2.05 bits per heavy atom. The van der Waals surface area contributed by atoms with Gasteiger partial charge in [0.2, 0.25) is 5.82 Å². The Hall–Kier alpha value is -1.73. The largest absolute Gasteiger partial charge is 0.378 e. The van der Waals surface area contributed by atoms with Crippen LogP contribution in [0.5, 0.6) is 0 Å². The van der Waals surface area contributed by atoms with Gasteiger partial charge in [0.25, 0.3) is 0 Å². The molecule has 6 nitrogen and oxygen atoms in total. The van der Waals surface area contributed by atoms with E-state index in [1.165, 1.54) is 12.1 Å². The minimum atomic E-state index is -0.808. The molecule has 1 heterocycles. The molecule has 21 heavy (non-hydrogen) atoms. The third kappa shape index (κ3) is 3.89. The number of piperazine rings is 1. The average Bonchev–Trinajstić information content (AvgIpc) is 2.45. The molecule has 0 radical (unpaired) electrons. The van der Waals surface area contributed by atoms with Crippen molar-refractivity contribution in [2.24, 2.45) is 0 Å². The Labute approximate surface area is 123 Å². The highest BCUT2D eigenvalue weighted by molar-refractivity contribution is 5.61. The van der Waals surface area contributed by atoms with E-state index in [1.807, 2.05) is 0 Å². The SMILES string of the molecule is CC(CNc1cccc(F)c1[N+](=O)[O-])N1CCN(C)CC1. The van der Waals surface area contributed by atoms with Crippen LogP contribution in [0.1, 0.15) is 6.92 Å². The normalized spacial score (nSPS) is 18.4. The predicted molar refractivity (Wildman–Crippen MR) is 80.1 cm³/mol. The van der Waals surface area contributed by atoms with Crippen molar-refractivity contribution < 1.29 is 9.31 Å². The van der Waals surface area contributed by atoms with E-state index in [0.717, 1.165) is 32.2 Å². The molecule has 0 spiro atoms. The van der Waals surface area contributed by atoms with E-state index in [0.29, 0.717) is 6.54 Å². The maximum absolute atomic E-state index is 13.5. The highest BCUT2D eigenvalue weighted by Crippen LogP contribution is 2.27. The first kappa shape index (κ1) is 15.7. The smallest absolute Gasteiger partial charge is 0.327 e. The fourth-order valence-corrected chi connectivity index (χ4v) is 2.49. The van der Waals surface area contributed by atoms with E-state index in [-0.39, 0.29) is 11.7 Å². The number of nitro benzene ring substituents is 1. The van der Waals surface area contributed by atoms with Crippen molar-refractivity contribution in [1.29, 1.82) is 0 Å². The predicted octanol–water partition coefficient (Wildman–Crippen LogP) is 1.78. The Morgan fingerprint density at radius 3 is 2.67 bits per heavy atom. The standard InChI is InChI=1S/C14H21FN4O2/c1-11(18-8-6-17(2)7-9-18)10-16-13-5-3-4-12(15)14(13)19(20)21/h3-5,11,16H,6-10H2,1-2H3. The van der Waals surface area contributed by atoms with E-state index in [2.05, 4.69) is 29.1 Å². The number of para-hydroxylation sites is 1. The first-order chi connectivity index (χ1) is 9.99. The fourth-order valence-electron chi connectivity index (χ4n) is 2.49. The van der Waals surface area contributed by atoms with Gasteiger partial charge in [-0.2, -0.15) is 4.39 Å². The molecule has 116 valence electrons. The van der Waals surface area contributed by atoms with Gasteiger partial charge in [-0.05, 0) is 26.1 Å². The van der Waals surface area contributed by atoms with Gasteiger partial charge in [0.05, 0.1) is 4.92 Å². The van der Waals surface area contributed by atoms with Crippen molar-refractivity contribution in [1.82, 2.24) is 9.80 Å². The second-order valence-electron chi connectivity index (χ2n) is 5.46. The van der Waals surface area contributed by atoms with Crippen LogP contribution >= 0.6 is 0 Å². The molecule has 1 aliphatic heterocycles. The minimum Gasteiger partial charge on any atom is -0.378 e. The van der Waals surface area contributed by atoms with Crippen molar-refractivity contribution in [3.8, 4) is 0 Å². The van der Waals surface area contributed by atoms with Gasteiger partial charge in [-0.1, -0.05) is 6.07 Å². The second kappa shape index (κ2) is 6.82. The minimum absolute atomic E-state index is 0.237. The number of nitro groups is 1. The number of nitrogens with one attached hydrogen (secondary N) is 1. The molecular formula is C14H21FN4O2. The van der Waals surface area contributed by atoms with E-state index in [9.17, 15) is 14.5 Å². The van der Waals surface area contributed by atoms with Gasteiger partial charge < -0.3 is 10.2 Å². The number of rotatable bonds is 5. The summed E-state index contributed by atoms with van der Waals surface area (Å²) in [6.45, 7) is 6.61. The molecule has 1 atom stereocenters. The highest BCUT2D eigenvalue weighted by atomic mass is 19.1. The maximum atomic E-state index is 13.5. The van der Waals surface area contributed by atoms with Crippen LogP contribution in [0.2, 0.25) is 0 Å². The summed E-state index contributed by atoms with van der Waals surface area (Å²) in [7, 11) is 2.09. The van der Waals surface area contributed by atoms with Gasteiger partial charge in [-0.3, -0.25) is 15.0 Å². The van der Waals surface area contributed by atoms with Crippen LogP contribution in [-0.4, -0.2) is 60.5 Å². The van der Waals surface area contributed by atoms with Gasteiger partial charge in [0.15, 0.2) is 0 Å². The van der Waals surface area contributed by atoms with Crippen molar-refractivity contribution in [3.05, 3.63) is 34.1 Å². The zero-order valence-corrected chi connectivity index (χ0v) is 12.4. The first-order valence-corrected chi connectivity index (χ1v) is 7.08. The Morgan fingerprint density at radius 1 is 1.38 bits per heavy atom. The van der Waals surface area contributed by atoms with Crippen molar-refractivity contribution in [2.45, 2.75) is 13.0 Å². The number of hydrogen-bond donors (Lipinski definition) is 1. The summed E-state index contributed by atoms with van der Waals surface area (Å²) in [6.07, 6.45) is 0.